The molecule has 5 heteroatoms. The summed E-state index contributed by atoms with van der Waals surface area (Å²) in [6.45, 7) is 11.0. The molecule has 2 aromatic carbocycles. The fraction of sp³-hybridized carbons (Fsp3) is 0.385. The molecule has 0 bridgehead atoms. The summed E-state index contributed by atoms with van der Waals surface area (Å²) in [5.74, 6) is 0.103. The van der Waals surface area contributed by atoms with E-state index < -0.39 is 0 Å². The normalized spacial score (nSPS) is 14.9. The van der Waals surface area contributed by atoms with Gasteiger partial charge in [0.05, 0.1) is 16.8 Å². The number of unbranched alkanes of at least 4 members (excludes halogenated alkanes) is 1. The number of pyridine rings is 1. The lowest BCUT2D eigenvalue weighted by molar-refractivity contribution is 0.0637. The molecule has 1 fully saturated rings. The second-order valence-corrected chi connectivity index (χ2v) is 9.42. The molecule has 2 heterocycles. The van der Waals surface area contributed by atoms with Crippen LogP contribution in [0.3, 0.4) is 0 Å². The minimum Gasteiger partial charge on any atom is -0.336 e. The number of carbonyl (C=O) groups excluding carboxylic acids is 1. The predicted molar refractivity (Wildman–Crippen MR) is 132 cm³/mol. The quantitative estimate of drug-likeness (QED) is 0.461. The molecule has 1 aliphatic rings. The summed E-state index contributed by atoms with van der Waals surface area (Å²) in [6.07, 6.45) is 2.43. The molecular weight excluding hydrogens is 450 g/mol. The lowest BCUT2D eigenvalue weighted by Crippen LogP contribution is -2.48. The van der Waals surface area contributed by atoms with Gasteiger partial charge in [-0.05, 0) is 68.3 Å². The van der Waals surface area contributed by atoms with E-state index in [1.165, 1.54) is 24.0 Å². The van der Waals surface area contributed by atoms with Crippen molar-refractivity contribution in [1.29, 1.82) is 0 Å². The first-order chi connectivity index (χ1) is 15.0. The molecule has 3 aromatic rings. The third kappa shape index (κ3) is 4.83. The van der Waals surface area contributed by atoms with Crippen molar-refractivity contribution in [2.45, 2.75) is 33.6 Å². The molecule has 0 aliphatic carbocycles. The van der Waals surface area contributed by atoms with Crippen LogP contribution in [0.2, 0.25) is 0 Å². The number of aromatic nitrogens is 1. The third-order valence-corrected chi connectivity index (χ3v) is 6.78. The second-order valence-electron chi connectivity index (χ2n) is 8.50. The van der Waals surface area contributed by atoms with Gasteiger partial charge in [0, 0.05) is 41.6 Å². The molecule has 0 saturated carbocycles. The van der Waals surface area contributed by atoms with Crippen LogP contribution in [0.25, 0.3) is 22.2 Å². The maximum Gasteiger partial charge on any atom is 0.254 e. The Morgan fingerprint density at radius 1 is 1.00 bits per heavy atom. The Bertz CT molecular complexity index is 1100. The van der Waals surface area contributed by atoms with Gasteiger partial charge in [0.25, 0.3) is 5.91 Å². The highest BCUT2D eigenvalue weighted by molar-refractivity contribution is 9.10. The van der Waals surface area contributed by atoms with Crippen molar-refractivity contribution in [3.8, 4) is 11.3 Å². The van der Waals surface area contributed by atoms with Crippen molar-refractivity contribution in [2.75, 3.05) is 32.7 Å². The molecule has 0 N–H and O–H groups in total. The van der Waals surface area contributed by atoms with Crippen molar-refractivity contribution < 1.29 is 4.79 Å². The fourth-order valence-corrected chi connectivity index (χ4v) is 4.51. The summed E-state index contributed by atoms with van der Waals surface area (Å²) in [5, 5.41) is 0.903. The molecule has 1 aliphatic heterocycles. The summed E-state index contributed by atoms with van der Waals surface area (Å²) in [6, 6.07) is 14.3. The smallest absolute Gasteiger partial charge is 0.254 e. The molecule has 0 spiro atoms. The molecule has 1 aromatic heterocycles. The summed E-state index contributed by atoms with van der Waals surface area (Å²) in [5.41, 5.74) is 5.97. The van der Waals surface area contributed by atoms with Gasteiger partial charge in [0.2, 0.25) is 0 Å². The standard InChI is InChI=1S/C26H30BrN3O/c1-4-5-10-29-11-13-30(14-12-29)26(31)23-17-25(20-7-6-18(2)19(3)15-20)28-24-9-8-21(27)16-22(23)24/h6-9,15-17H,4-5,10-14H2,1-3H3. The number of aryl methyl sites for hydroxylation is 2. The second kappa shape index (κ2) is 9.49. The molecule has 0 atom stereocenters. The summed E-state index contributed by atoms with van der Waals surface area (Å²) >= 11 is 3.57. The van der Waals surface area contributed by atoms with Crippen molar-refractivity contribution in [2.24, 2.45) is 0 Å². The fourth-order valence-electron chi connectivity index (χ4n) is 4.15. The lowest BCUT2D eigenvalue weighted by atomic mass is 10.00. The van der Waals surface area contributed by atoms with Crippen molar-refractivity contribution in [1.82, 2.24) is 14.8 Å². The first kappa shape index (κ1) is 22.0. The van der Waals surface area contributed by atoms with Crippen LogP contribution in [0.5, 0.6) is 0 Å². The molecule has 4 nitrogen and oxygen atoms in total. The van der Waals surface area contributed by atoms with Gasteiger partial charge in [0.1, 0.15) is 0 Å². The molecular formula is C26H30BrN3O. The molecule has 1 saturated heterocycles. The number of rotatable bonds is 5. The Labute approximate surface area is 193 Å². The molecule has 1 amide bonds. The third-order valence-electron chi connectivity index (χ3n) is 6.29. The van der Waals surface area contributed by atoms with Crippen LogP contribution in [0.4, 0.5) is 0 Å². The topological polar surface area (TPSA) is 36.4 Å². The van der Waals surface area contributed by atoms with Gasteiger partial charge in [-0.25, -0.2) is 4.98 Å². The number of hydrogen-bond donors (Lipinski definition) is 0. The van der Waals surface area contributed by atoms with E-state index in [-0.39, 0.29) is 5.91 Å². The summed E-state index contributed by atoms with van der Waals surface area (Å²) in [7, 11) is 0. The maximum atomic E-state index is 13.6. The monoisotopic (exact) mass is 479 g/mol. The highest BCUT2D eigenvalue weighted by Crippen LogP contribution is 2.29. The first-order valence-electron chi connectivity index (χ1n) is 11.2. The Morgan fingerprint density at radius 2 is 1.77 bits per heavy atom. The van der Waals surface area contributed by atoms with Crippen LogP contribution < -0.4 is 0 Å². The van der Waals surface area contributed by atoms with E-state index in [1.54, 1.807) is 0 Å². The van der Waals surface area contributed by atoms with E-state index >= 15 is 0 Å². The number of nitrogens with zero attached hydrogens (tertiary/aromatic N) is 3. The zero-order chi connectivity index (χ0) is 22.0. The lowest BCUT2D eigenvalue weighted by Gasteiger charge is -2.35. The molecule has 0 unspecified atom stereocenters. The van der Waals surface area contributed by atoms with Crippen LogP contribution in [-0.2, 0) is 0 Å². The zero-order valence-corrected chi connectivity index (χ0v) is 20.2. The largest absolute Gasteiger partial charge is 0.336 e. The number of benzene rings is 2. The summed E-state index contributed by atoms with van der Waals surface area (Å²) in [4.78, 5) is 23.0. The van der Waals surface area contributed by atoms with Gasteiger partial charge >= 0.3 is 0 Å². The first-order valence-corrected chi connectivity index (χ1v) is 11.9. The minimum absolute atomic E-state index is 0.103. The Balaban J connectivity index is 1.69. The number of hydrogen-bond acceptors (Lipinski definition) is 3. The number of amides is 1. The van der Waals surface area contributed by atoms with E-state index in [4.69, 9.17) is 4.98 Å². The number of halogens is 1. The predicted octanol–water partition coefficient (Wildman–Crippen LogP) is 5.84. The highest BCUT2D eigenvalue weighted by Gasteiger charge is 2.24. The van der Waals surface area contributed by atoms with Crippen molar-refractivity contribution >= 4 is 32.7 Å². The Kier molecular flexibility index (Phi) is 6.73. The van der Waals surface area contributed by atoms with Crippen LogP contribution >= 0.6 is 15.9 Å². The Hall–Kier alpha value is -2.24. The summed E-state index contributed by atoms with van der Waals surface area (Å²) < 4.78 is 0.958. The van der Waals surface area contributed by atoms with E-state index in [0.717, 1.165) is 64.9 Å². The van der Waals surface area contributed by atoms with Crippen molar-refractivity contribution in [3.63, 3.8) is 0 Å². The SMILES string of the molecule is CCCCN1CCN(C(=O)c2cc(-c3ccc(C)c(C)c3)nc3ccc(Br)cc23)CC1. The van der Waals surface area contributed by atoms with Gasteiger partial charge in [-0.3, -0.25) is 9.69 Å². The van der Waals surface area contributed by atoms with Crippen LogP contribution in [-0.4, -0.2) is 53.4 Å². The van der Waals surface area contributed by atoms with Gasteiger partial charge in [-0.1, -0.05) is 41.4 Å². The van der Waals surface area contributed by atoms with Gasteiger partial charge < -0.3 is 4.90 Å². The van der Waals surface area contributed by atoms with Gasteiger partial charge in [0.15, 0.2) is 0 Å². The van der Waals surface area contributed by atoms with E-state index in [2.05, 4.69) is 59.8 Å². The average Bonchev–Trinajstić information content (AvgIpc) is 2.78. The molecule has 0 radical (unpaired) electrons. The van der Waals surface area contributed by atoms with Crippen LogP contribution in [0, 0.1) is 13.8 Å². The molecule has 162 valence electrons. The number of fused-ring (bicyclic) bond motifs is 1. The van der Waals surface area contributed by atoms with Gasteiger partial charge in [-0.15, -0.1) is 0 Å². The minimum atomic E-state index is 0.103. The van der Waals surface area contributed by atoms with Crippen LogP contribution in [0.1, 0.15) is 41.3 Å². The molecule has 4 rings (SSSR count). The van der Waals surface area contributed by atoms with E-state index in [0.29, 0.717) is 0 Å². The highest BCUT2D eigenvalue weighted by atomic mass is 79.9. The maximum absolute atomic E-state index is 13.6. The van der Waals surface area contributed by atoms with E-state index in [1.807, 2.05) is 29.2 Å². The Morgan fingerprint density at radius 3 is 2.48 bits per heavy atom. The van der Waals surface area contributed by atoms with Crippen LogP contribution in [0.15, 0.2) is 46.9 Å². The number of piperazine rings is 1. The van der Waals surface area contributed by atoms with E-state index in [9.17, 15) is 4.79 Å². The average molecular weight is 480 g/mol. The zero-order valence-electron chi connectivity index (χ0n) is 18.6. The van der Waals surface area contributed by atoms with Crippen molar-refractivity contribution in [3.05, 3.63) is 63.6 Å². The molecule has 31 heavy (non-hydrogen) atoms. The number of carbonyl (C=O) groups is 1. The van der Waals surface area contributed by atoms with Gasteiger partial charge in [-0.2, -0.15) is 0 Å².